The van der Waals surface area contributed by atoms with Gasteiger partial charge >= 0.3 is 6.18 Å². The van der Waals surface area contributed by atoms with E-state index in [1.165, 1.54) is 6.07 Å². The maximum Gasteiger partial charge on any atom is 0.433 e. The van der Waals surface area contributed by atoms with Gasteiger partial charge in [0.1, 0.15) is 9.39 Å². The van der Waals surface area contributed by atoms with Gasteiger partial charge in [0, 0.05) is 0 Å². The lowest BCUT2D eigenvalue weighted by Gasteiger charge is -2.03. The van der Waals surface area contributed by atoms with Gasteiger partial charge in [-0.25, -0.2) is 4.98 Å². The number of fused-ring (bicyclic) bond motifs is 1. The van der Waals surface area contributed by atoms with E-state index in [1.807, 2.05) is 22.6 Å². The molecule has 0 aliphatic heterocycles. The van der Waals surface area contributed by atoms with Crippen LogP contribution < -0.4 is 0 Å². The number of pyridine rings is 1. The van der Waals surface area contributed by atoms with Crippen LogP contribution in [0.5, 0.6) is 0 Å². The van der Waals surface area contributed by atoms with Crippen LogP contribution in [0, 0.1) is 3.70 Å². The summed E-state index contributed by atoms with van der Waals surface area (Å²) in [5.74, 6) is 0. The van der Waals surface area contributed by atoms with Crippen LogP contribution >= 0.6 is 22.6 Å². The summed E-state index contributed by atoms with van der Waals surface area (Å²) in [4.78, 5) is 3.40. The fourth-order valence-electron chi connectivity index (χ4n) is 1.03. The predicted octanol–water partition coefficient (Wildman–Crippen LogP) is 2.58. The molecule has 0 bridgehead atoms. The van der Waals surface area contributed by atoms with E-state index in [0.29, 0.717) is 9.09 Å². The lowest BCUT2D eigenvalue weighted by atomic mass is 10.3. The third-order valence-corrected chi connectivity index (χ3v) is 2.48. The van der Waals surface area contributed by atoms with Crippen molar-refractivity contribution in [1.29, 1.82) is 0 Å². The van der Waals surface area contributed by atoms with Crippen LogP contribution in [0.25, 0.3) is 11.0 Å². The second kappa shape index (κ2) is 3.07. The molecule has 3 nitrogen and oxygen atoms in total. The van der Waals surface area contributed by atoms with Crippen molar-refractivity contribution in [2.24, 2.45) is 0 Å². The minimum absolute atomic E-state index is 0.0872. The molecule has 2 aromatic heterocycles. The Balaban J connectivity index is 2.63. The molecule has 2 heterocycles. The smallest absolute Gasteiger partial charge is 0.269 e. The Hall–Kier alpha value is -0.860. The van der Waals surface area contributed by atoms with Gasteiger partial charge in [0.05, 0.1) is 5.39 Å². The van der Waals surface area contributed by atoms with Crippen LogP contribution in [0.3, 0.4) is 0 Å². The average Bonchev–Trinajstić information content (AvgIpc) is 2.46. The summed E-state index contributed by atoms with van der Waals surface area (Å²) in [6.07, 6.45) is -4.42. The lowest BCUT2D eigenvalue weighted by molar-refractivity contribution is -0.141. The molecular formula is C7H3F3IN3. The number of nitrogens with one attached hydrogen (secondary N) is 1. The van der Waals surface area contributed by atoms with Gasteiger partial charge in [-0.2, -0.15) is 18.3 Å². The molecule has 0 amide bonds. The Morgan fingerprint density at radius 1 is 1.29 bits per heavy atom. The van der Waals surface area contributed by atoms with Crippen molar-refractivity contribution in [2.45, 2.75) is 6.18 Å². The molecule has 0 aliphatic carbocycles. The van der Waals surface area contributed by atoms with Crippen molar-refractivity contribution >= 4 is 33.6 Å². The van der Waals surface area contributed by atoms with E-state index >= 15 is 0 Å². The Morgan fingerprint density at radius 2 is 2.00 bits per heavy atom. The number of nitrogens with zero attached hydrogens (tertiary/aromatic N) is 2. The fraction of sp³-hybridized carbons (Fsp3) is 0.143. The second-order valence-electron chi connectivity index (χ2n) is 2.60. The number of aromatic nitrogens is 3. The third kappa shape index (κ3) is 1.56. The van der Waals surface area contributed by atoms with E-state index in [9.17, 15) is 13.2 Å². The molecule has 0 unspecified atom stereocenters. The van der Waals surface area contributed by atoms with Gasteiger partial charge in [0.25, 0.3) is 0 Å². The summed E-state index contributed by atoms with van der Waals surface area (Å²) in [6.45, 7) is 0. The standard InChI is InChI=1S/C7H3F3IN3/c8-7(9,10)4-2-1-3-5(11)13-14-6(3)12-4/h1-2H,(H,12,13,14). The van der Waals surface area contributed by atoms with Crippen molar-refractivity contribution in [1.82, 2.24) is 15.2 Å². The van der Waals surface area contributed by atoms with Gasteiger partial charge in [-0.15, -0.1) is 0 Å². The maximum atomic E-state index is 12.2. The first-order chi connectivity index (χ1) is 6.48. The highest BCUT2D eigenvalue weighted by Gasteiger charge is 2.32. The number of H-pyrrole nitrogens is 1. The molecule has 0 saturated heterocycles. The molecule has 0 aliphatic rings. The first-order valence-corrected chi connectivity index (χ1v) is 4.64. The second-order valence-corrected chi connectivity index (χ2v) is 3.68. The van der Waals surface area contributed by atoms with E-state index < -0.39 is 11.9 Å². The minimum atomic E-state index is -4.42. The molecule has 0 radical (unpaired) electrons. The molecule has 0 spiro atoms. The van der Waals surface area contributed by atoms with Crippen LogP contribution in [0.1, 0.15) is 5.69 Å². The zero-order valence-corrected chi connectivity index (χ0v) is 8.72. The minimum Gasteiger partial charge on any atom is -0.269 e. The van der Waals surface area contributed by atoms with E-state index in [4.69, 9.17) is 0 Å². The molecule has 14 heavy (non-hydrogen) atoms. The van der Waals surface area contributed by atoms with Crippen LogP contribution in [0.15, 0.2) is 12.1 Å². The molecule has 0 fully saturated rings. The molecule has 2 rings (SSSR count). The van der Waals surface area contributed by atoms with Gasteiger partial charge in [-0.1, -0.05) is 0 Å². The van der Waals surface area contributed by atoms with Crippen LogP contribution in [0.4, 0.5) is 13.2 Å². The highest BCUT2D eigenvalue weighted by Crippen LogP contribution is 2.29. The first-order valence-electron chi connectivity index (χ1n) is 3.56. The van der Waals surface area contributed by atoms with Crippen molar-refractivity contribution in [3.05, 3.63) is 21.5 Å². The highest BCUT2D eigenvalue weighted by molar-refractivity contribution is 14.1. The molecule has 7 heteroatoms. The van der Waals surface area contributed by atoms with Gasteiger partial charge in [0.2, 0.25) is 0 Å². The molecule has 1 N–H and O–H groups in total. The summed E-state index contributed by atoms with van der Waals surface area (Å²) in [6, 6.07) is 2.30. The summed E-state index contributed by atoms with van der Waals surface area (Å²) in [5, 5.41) is 6.81. The Morgan fingerprint density at radius 3 is 2.64 bits per heavy atom. The molecule has 0 atom stereocenters. The Bertz CT molecular complexity index is 476. The van der Waals surface area contributed by atoms with Gasteiger partial charge in [-0.05, 0) is 34.7 Å². The number of hydrogen-bond acceptors (Lipinski definition) is 2. The molecule has 0 aromatic carbocycles. The van der Waals surface area contributed by atoms with Crippen LogP contribution in [0.2, 0.25) is 0 Å². The molecule has 74 valence electrons. The number of alkyl halides is 3. The van der Waals surface area contributed by atoms with Crippen molar-refractivity contribution < 1.29 is 13.2 Å². The summed E-state index contributed by atoms with van der Waals surface area (Å²) in [7, 11) is 0. The Kier molecular flexibility index (Phi) is 2.13. The van der Waals surface area contributed by atoms with Crippen LogP contribution in [-0.4, -0.2) is 15.2 Å². The topological polar surface area (TPSA) is 41.6 Å². The van der Waals surface area contributed by atoms with Gasteiger partial charge in [-0.3, -0.25) is 5.10 Å². The predicted molar refractivity (Wildman–Crippen MR) is 51.6 cm³/mol. The monoisotopic (exact) mass is 313 g/mol. The molecular weight excluding hydrogens is 310 g/mol. The van der Waals surface area contributed by atoms with E-state index in [2.05, 4.69) is 15.2 Å². The summed E-state index contributed by atoms with van der Waals surface area (Å²) < 4.78 is 37.3. The van der Waals surface area contributed by atoms with Crippen molar-refractivity contribution in [3.8, 4) is 0 Å². The highest BCUT2D eigenvalue weighted by atomic mass is 127. The van der Waals surface area contributed by atoms with E-state index in [1.54, 1.807) is 0 Å². The normalized spacial score (nSPS) is 12.3. The SMILES string of the molecule is FC(F)(F)c1ccc2c(I)[nH]nc2n1. The number of aromatic amines is 1. The summed E-state index contributed by atoms with van der Waals surface area (Å²) in [5.41, 5.74) is -0.836. The molecule has 0 saturated carbocycles. The third-order valence-electron chi connectivity index (χ3n) is 1.66. The number of rotatable bonds is 0. The summed E-state index contributed by atoms with van der Waals surface area (Å²) >= 11 is 1.95. The van der Waals surface area contributed by atoms with Gasteiger partial charge < -0.3 is 0 Å². The van der Waals surface area contributed by atoms with Crippen molar-refractivity contribution in [3.63, 3.8) is 0 Å². The largest absolute Gasteiger partial charge is 0.433 e. The number of hydrogen-bond donors (Lipinski definition) is 1. The van der Waals surface area contributed by atoms with E-state index in [-0.39, 0.29) is 5.65 Å². The van der Waals surface area contributed by atoms with Gasteiger partial charge in [0.15, 0.2) is 5.65 Å². The van der Waals surface area contributed by atoms with E-state index in [0.717, 1.165) is 6.07 Å². The average molecular weight is 313 g/mol. The molecule has 2 aromatic rings. The van der Waals surface area contributed by atoms with Crippen LogP contribution in [-0.2, 0) is 6.18 Å². The maximum absolute atomic E-state index is 12.2. The zero-order chi connectivity index (χ0) is 10.3. The lowest BCUT2D eigenvalue weighted by Crippen LogP contribution is -2.07. The Labute approximate surface area is 89.9 Å². The quantitative estimate of drug-likeness (QED) is 0.760. The first kappa shape index (κ1) is 9.69. The van der Waals surface area contributed by atoms with Crippen molar-refractivity contribution in [2.75, 3.05) is 0 Å². The zero-order valence-electron chi connectivity index (χ0n) is 6.56. The number of halogens is 4. The fourth-order valence-corrected chi connectivity index (χ4v) is 1.57.